The van der Waals surface area contributed by atoms with Crippen molar-refractivity contribution in [3.05, 3.63) is 40.8 Å². The molecule has 0 saturated carbocycles. The Morgan fingerprint density at radius 3 is 3.06 bits per heavy atom. The van der Waals surface area contributed by atoms with Crippen molar-refractivity contribution in [1.29, 1.82) is 0 Å². The van der Waals surface area contributed by atoms with Gasteiger partial charge in [-0.3, -0.25) is 0 Å². The number of thiophene rings is 1. The summed E-state index contributed by atoms with van der Waals surface area (Å²) >= 11 is 1.86. The Morgan fingerprint density at radius 1 is 1.25 bits per heavy atom. The van der Waals surface area contributed by atoms with E-state index in [9.17, 15) is 0 Å². The van der Waals surface area contributed by atoms with Crippen molar-refractivity contribution in [3.63, 3.8) is 0 Å². The van der Waals surface area contributed by atoms with Crippen LogP contribution >= 0.6 is 11.3 Å². The normalized spacial score (nSPS) is 17.1. The molecule has 0 spiro atoms. The Bertz CT molecular complexity index is 551. The smallest absolute Gasteiger partial charge is 0.0417 e. The van der Waals surface area contributed by atoms with Crippen molar-refractivity contribution < 1.29 is 0 Å². The number of hydrogen-bond donors (Lipinski definition) is 1. The predicted molar refractivity (Wildman–Crippen MR) is 71.9 cm³/mol. The van der Waals surface area contributed by atoms with E-state index in [-0.39, 0.29) is 0 Å². The molecule has 16 heavy (non-hydrogen) atoms. The second kappa shape index (κ2) is 4.04. The van der Waals surface area contributed by atoms with Gasteiger partial charge in [-0.1, -0.05) is 23.8 Å². The SMILES string of the molecule is CC1=C(c2cccc3ccsc23)CCNC1. The summed E-state index contributed by atoms with van der Waals surface area (Å²) in [7, 11) is 0. The highest BCUT2D eigenvalue weighted by molar-refractivity contribution is 7.17. The summed E-state index contributed by atoms with van der Waals surface area (Å²) in [6, 6.07) is 8.85. The van der Waals surface area contributed by atoms with Crippen molar-refractivity contribution in [1.82, 2.24) is 5.32 Å². The summed E-state index contributed by atoms with van der Waals surface area (Å²) in [5.74, 6) is 0. The van der Waals surface area contributed by atoms with Gasteiger partial charge in [0.2, 0.25) is 0 Å². The van der Waals surface area contributed by atoms with Crippen molar-refractivity contribution in [2.75, 3.05) is 13.1 Å². The van der Waals surface area contributed by atoms with Crippen molar-refractivity contribution in [3.8, 4) is 0 Å². The standard InChI is InChI=1S/C14H15NS/c1-10-9-15-7-5-12(10)13-4-2-3-11-6-8-16-14(11)13/h2-4,6,8,15H,5,7,9H2,1H3. The maximum atomic E-state index is 3.42. The maximum Gasteiger partial charge on any atom is 0.0417 e. The van der Waals surface area contributed by atoms with E-state index in [1.165, 1.54) is 21.2 Å². The third kappa shape index (κ3) is 1.58. The molecule has 0 radical (unpaired) electrons. The van der Waals surface area contributed by atoms with Crippen LogP contribution in [0.25, 0.3) is 15.7 Å². The van der Waals surface area contributed by atoms with Crippen LogP contribution in [-0.2, 0) is 0 Å². The Balaban J connectivity index is 2.21. The maximum absolute atomic E-state index is 3.42. The highest BCUT2D eigenvalue weighted by Crippen LogP contribution is 2.33. The number of rotatable bonds is 1. The van der Waals surface area contributed by atoms with Crippen LogP contribution in [0.1, 0.15) is 18.9 Å². The largest absolute Gasteiger partial charge is 0.313 e. The molecule has 0 atom stereocenters. The summed E-state index contributed by atoms with van der Waals surface area (Å²) in [5.41, 5.74) is 4.49. The quantitative estimate of drug-likeness (QED) is 0.786. The Morgan fingerprint density at radius 2 is 2.19 bits per heavy atom. The zero-order valence-electron chi connectivity index (χ0n) is 9.42. The van der Waals surface area contributed by atoms with Crippen molar-refractivity contribution >= 4 is 27.0 Å². The topological polar surface area (TPSA) is 12.0 Å². The summed E-state index contributed by atoms with van der Waals surface area (Å²) in [4.78, 5) is 0. The fourth-order valence-electron chi connectivity index (χ4n) is 2.40. The van der Waals surface area contributed by atoms with E-state index < -0.39 is 0 Å². The first-order valence-corrected chi connectivity index (χ1v) is 6.60. The van der Waals surface area contributed by atoms with Crippen molar-refractivity contribution in [2.24, 2.45) is 0 Å². The number of hydrogen-bond acceptors (Lipinski definition) is 2. The molecule has 1 nitrogen and oxygen atoms in total. The summed E-state index contributed by atoms with van der Waals surface area (Å²) in [6.45, 7) is 4.39. The van der Waals surface area contributed by atoms with Crippen molar-refractivity contribution in [2.45, 2.75) is 13.3 Å². The van der Waals surface area contributed by atoms with E-state index in [2.05, 4.69) is 41.9 Å². The molecule has 82 valence electrons. The molecule has 3 rings (SSSR count). The lowest BCUT2D eigenvalue weighted by Gasteiger charge is -2.19. The van der Waals surface area contributed by atoms with Crippen LogP contribution in [0.3, 0.4) is 0 Å². The second-order valence-electron chi connectivity index (χ2n) is 4.33. The van der Waals surface area contributed by atoms with Gasteiger partial charge < -0.3 is 5.32 Å². The zero-order chi connectivity index (χ0) is 11.0. The van der Waals surface area contributed by atoms with Gasteiger partial charge >= 0.3 is 0 Å². The van der Waals surface area contributed by atoms with Gasteiger partial charge in [0.15, 0.2) is 0 Å². The molecule has 0 amide bonds. The van der Waals surface area contributed by atoms with Gasteiger partial charge in [-0.05, 0) is 47.9 Å². The highest BCUT2D eigenvalue weighted by atomic mass is 32.1. The van der Waals surface area contributed by atoms with Gasteiger partial charge in [0.25, 0.3) is 0 Å². The van der Waals surface area contributed by atoms with Crippen LogP contribution in [0.2, 0.25) is 0 Å². The average Bonchev–Trinajstić information content (AvgIpc) is 2.77. The third-order valence-corrected chi connectivity index (χ3v) is 4.22. The number of benzene rings is 1. The molecule has 1 N–H and O–H groups in total. The van der Waals surface area contributed by atoms with E-state index in [1.54, 1.807) is 5.57 Å². The molecular weight excluding hydrogens is 214 g/mol. The van der Waals surface area contributed by atoms with Crippen LogP contribution in [-0.4, -0.2) is 13.1 Å². The van der Waals surface area contributed by atoms with Gasteiger partial charge in [-0.15, -0.1) is 11.3 Å². The fourth-order valence-corrected chi connectivity index (χ4v) is 3.35. The lowest BCUT2D eigenvalue weighted by Crippen LogP contribution is -2.23. The van der Waals surface area contributed by atoms with Gasteiger partial charge in [-0.2, -0.15) is 0 Å². The molecule has 2 heteroatoms. The molecule has 1 aromatic heterocycles. The minimum Gasteiger partial charge on any atom is -0.313 e. The lowest BCUT2D eigenvalue weighted by molar-refractivity contribution is 0.714. The van der Waals surface area contributed by atoms with E-state index in [1.807, 2.05) is 11.3 Å². The van der Waals surface area contributed by atoms with Crippen LogP contribution in [0.4, 0.5) is 0 Å². The Labute approximate surface area is 99.8 Å². The Hall–Kier alpha value is -1.12. The highest BCUT2D eigenvalue weighted by Gasteiger charge is 2.13. The minimum atomic E-state index is 1.04. The molecule has 1 aliphatic heterocycles. The van der Waals surface area contributed by atoms with Crippen LogP contribution in [0.15, 0.2) is 35.2 Å². The first kappa shape index (κ1) is 10.1. The van der Waals surface area contributed by atoms with E-state index in [0.717, 1.165) is 19.5 Å². The first-order chi connectivity index (χ1) is 7.86. The molecule has 1 aromatic carbocycles. The van der Waals surface area contributed by atoms with Crippen LogP contribution in [0.5, 0.6) is 0 Å². The molecule has 0 fully saturated rings. The Kier molecular flexibility index (Phi) is 2.54. The van der Waals surface area contributed by atoms with E-state index in [4.69, 9.17) is 0 Å². The average molecular weight is 229 g/mol. The third-order valence-electron chi connectivity index (χ3n) is 3.26. The van der Waals surface area contributed by atoms with Gasteiger partial charge in [0.05, 0.1) is 0 Å². The molecule has 2 aromatic rings. The second-order valence-corrected chi connectivity index (χ2v) is 5.25. The van der Waals surface area contributed by atoms with Gasteiger partial charge in [0.1, 0.15) is 0 Å². The molecule has 0 unspecified atom stereocenters. The minimum absolute atomic E-state index is 1.04. The fraction of sp³-hybridized carbons (Fsp3) is 0.286. The molecule has 2 heterocycles. The van der Waals surface area contributed by atoms with Gasteiger partial charge in [0, 0.05) is 11.2 Å². The summed E-state index contributed by atoms with van der Waals surface area (Å²) in [5, 5.41) is 6.98. The number of nitrogens with one attached hydrogen (secondary N) is 1. The molecule has 0 aliphatic carbocycles. The van der Waals surface area contributed by atoms with E-state index >= 15 is 0 Å². The zero-order valence-corrected chi connectivity index (χ0v) is 10.2. The first-order valence-electron chi connectivity index (χ1n) is 5.72. The van der Waals surface area contributed by atoms with Gasteiger partial charge in [-0.25, -0.2) is 0 Å². The predicted octanol–water partition coefficient (Wildman–Crippen LogP) is 3.67. The number of fused-ring (bicyclic) bond motifs is 1. The monoisotopic (exact) mass is 229 g/mol. The molecule has 1 aliphatic rings. The molecular formula is C14H15NS. The summed E-state index contributed by atoms with van der Waals surface area (Å²) in [6.07, 6.45) is 1.16. The molecule has 0 saturated heterocycles. The van der Waals surface area contributed by atoms with E-state index in [0.29, 0.717) is 0 Å². The van der Waals surface area contributed by atoms with Crippen LogP contribution in [0, 0.1) is 0 Å². The molecule has 0 bridgehead atoms. The van der Waals surface area contributed by atoms with Crippen LogP contribution < -0.4 is 5.32 Å². The lowest BCUT2D eigenvalue weighted by atomic mass is 9.94. The summed E-state index contributed by atoms with van der Waals surface area (Å²) < 4.78 is 1.44.